The first-order valence-corrected chi connectivity index (χ1v) is 5.85. The summed E-state index contributed by atoms with van der Waals surface area (Å²) in [7, 11) is 0. The topological polar surface area (TPSA) is 24.1 Å². The van der Waals surface area contributed by atoms with Crippen molar-refractivity contribution >= 4 is 0 Å². The molecule has 0 heterocycles. The van der Waals surface area contributed by atoms with E-state index >= 15 is 0 Å². The van der Waals surface area contributed by atoms with Crippen LogP contribution in [0.15, 0.2) is 23.5 Å². The number of hydrogen-bond donors (Lipinski definition) is 2. The molecule has 2 nitrogen and oxygen atoms in total. The lowest BCUT2D eigenvalue weighted by Gasteiger charge is -2.20. The maximum absolute atomic E-state index is 3.33. The third-order valence-electron chi connectivity index (χ3n) is 2.97. The number of hydrazine groups is 1. The van der Waals surface area contributed by atoms with Crippen molar-refractivity contribution < 1.29 is 0 Å². The van der Waals surface area contributed by atoms with Gasteiger partial charge in [-0.1, -0.05) is 12.2 Å². The normalized spacial score (nSPS) is 22.3. The summed E-state index contributed by atoms with van der Waals surface area (Å²) in [6.45, 7) is 0. The van der Waals surface area contributed by atoms with Crippen molar-refractivity contribution in [2.45, 2.75) is 51.4 Å². The highest BCUT2D eigenvalue weighted by Gasteiger charge is 2.05. The molecule has 78 valence electrons. The lowest BCUT2D eigenvalue weighted by atomic mass is 10.0. The van der Waals surface area contributed by atoms with E-state index in [-0.39, 0.29) is 0 Å². The predicted molar refractivity (Wildman–Crippen MR) is 59.4 cm³/mol. The fourth-order valence-electron chi connectivity index (χ4n) is 2.06. The standard InChI is InChI=1S/C12H20N2/c1-3-7-11(8-4-1)13-14-12-9-5-2-6-10-12/h7,9,13-14H,1-6,8,10H2. The molecule has 0 fully saturated rings. The Kier molecular flexibility index (Phi) is 3.50. The molecular formula is C12H20N2. The molecule has 14 heavy (non-hydrogen) atoms. The first-order chi connectivity index (χ1) is 6.95. The molecular weight excluding hydrogens is 172 g/mol. The second kappa shape index (κ2) is 5.08. The fourth-order valence-corrected chi connectivity index (χ4v) is 2.06. The Morgan fingerprint density at radius 2 is 1.21 bits per heavy atom. The second-order valence-corrected chi connectivity index (χ2v) is 4.20. The summed E-state index contributed by atoms with van der Waals surface area (Å²) >= 11 is 0. The smallest absolute Gasteiger partial charge is 0.0274 e. The molecule has 0 aromatic carbocycles. The van der Waals surface area contributed by atoms with Crippen LogP contribution < -0.4 is 10.9 Å². The van der Waals surface area contributed by atoms with Gasteiger partial charge in [-0.2, -0.15) is 0 Å². The summed E-state index contributed by atoms with van der Waals surface area (Å²) in [6, 6.07) is 0. The molecule has 2 rings (SSSR count). The van der Waals surface area contributed by atoms with Crippen LogP contribution in [0.1, 0.15) is 51.4 Å². The highest BCUT2D eigenvalue weighted by molar-refractivity contribution is 5.06. The Hall–Kier alpha value is -0.920. The quantitative estimate of drug-likeness (QED) is 0.672. The van der Waals surface area contributed by atoms with E-state index in [9.17, 15) is 0 Å². The molecule has 0 atom stereocenters. The number of hydrogen-bond acceptors (Lipinski definition) is 2. The first kappa shape index (κ1) is 9.63. The summed E-state index contributed by atoms with van der Waals surface area (Å²) in [5.74, 6) is 0. The van der Waals surface area contributed by atoms with Gasteiger partial charge in [0.1, 0.15) is 0 Å². The van der Waals surface area contributed by atoms with Crippen molar-refractivity contribution in [1.29, 1.82) is 0 Å². The summed E-state index contributed by atoms with van der Waals surface area (Å²) in [5.41, 5.74) is 9.42. The van der Waals surface area contributed by atoms with Crippen LogP contribution in [0.4, 0.5) is 0 Å². The van der Waals surface area contributed by atoms with Gasteiger partial charge in [0, 0.05) is 11.4 Å². The molecule has 0 bridgehead atoms. The van der Waals surface area contributed by atoms with Gasteiger partial charge in [0.15, 0.2) is 0 Å². The zero-order valence-corrected chi connectivity index (χ0v) is 8.81. The molecule has 0 aromatic rings. The lowest BCUT2D eigenvalue weighted by Crippen LogP contribution is -2.31. The molecule has 0 saturated heterocycles. The highest BCUT2D eigenvalue weighted by atomic mass is 15.4. The van der Waals surface area contributed by atoms with Gasteiger partial charge in [0.05, 0.1) is 0 Å². The third-order valence-corrected chi connectivity index (χ3v) is 2.97. The van der Waals surface area contributed by atoms with Crippen molar-refractivity contribution in [2.75, 3.05) is 0 Å². The summed E-state index contributed by atoms with van der Waals surface area (Å²) in [4.78, 5) is 0. The number of allylic oxidation sites excluding steroid dienone is 4. The lowest BCUT2D eigenvalue weighted by molar-refractivity contribution is 0.561. The van der Waals surface area contributed by atoms with Crippen molar-refractivity contribution in [1.82, 2.24) is 10.9 Å². The van der Waals surface area contributed by atoms with Crippen molar-refractivity contribution in [3.05, 3.63) is 23.5 Å². The zero-order chi connectivity index (χ0) is 9.64. The van der Waals surface area contributed by atoms with Gasteiger partial charge < -0.3 is 10.9 Å². The minimum atomic E-state index is 1.21. The first-order valence-electron chi connectivity index (χ1n) is 5.85. The monoisotopic (exact) mass is 192 g/mol. The largest absolute Gasteiger partial charge is 0.306 e. The van der Waals surface area contributed by atoms with Crippen LogP contribution in [-0.4, -0.2) is 0 Å². The molecule has 2 aliphatic carbocycles. The Morgan fingerprint density at radius 3 is 1.57 bits per heavy atom. The Morgan fingerprint density at radius 1 is 0.714 bits per heavy atom. The van der Waals surface area contributed by atoms with Gasteiger partial charge in [0.2, 0.25) is 0 Å². The van der Waals surface area contributed by atoms with E-state index in [4.69, 9.17) is 0 Å². The minimum Gasteiger partial charge on any atom is -0.306 e. The SMILES string of the molecule is C1=C(NNC2=CCCCC2)CCCC1. The molecule has 0 saturated carbocycles. The van der Waals surface area contributed by atoms with Crippen molar-refractivity contribution in [2.24, 2.45) is 0 Å². The molecule has 0 aliphatic heterocycles. The molecule has 0 amide bonds. The average molecular weight is 192 g/mol. The fraction of sp³-hybridized carbons (Fsp3) is 0.667. The van der Waals surface area contributed by atoms with Crippen molar-refractivity contribution in [3.63, 3.8) is 0 Å². The van der Waals surface area contributed by atoms with E-state index in [0.29, 0.717) is 0 Å². The van der Waals surface area contributed by atoms with Crippen LogP contribution >= 0.6 is 0 Å². The molecule has 2 aliphatic rings. The van der Waals surface area contributed by atoms with E-state index in [1.165, 1.54) is 62.8 Å². The van der Waals surface area contributed by atoms with E-state index in [2.05, 4.69) is 23.0 Å². The average Bonchev–Trinajstić information content (AvgIpc) is 2.29. The van der Waals surface area contributed by atoms with Crippen molar-refractivity contribution in [3.8, 4) is 0 Å². The van der Waals surface area contributed by atoms with E-state index in [1.54, 1.807) is 0 Å². The van der Waals surface area contributed by atoms with E-state index in [1.807, 2.05) is 0 Å². The maximum atomic E-state index is 3.33. The molecule has 2 heteroatoms. The van der Waals surface area contributed by atoms with Crippen LogP contribution in [0, 0.1) is 0 Å². The Bertz CT molecular complexity index is 215. The van der Waals surface area contributed by atoms with E-state index in [0.717, 1.165) is 0 Å². The van der Waals surface area contributed by atoms with Crippen LogP contribution in [0.25, 0.3) is 0 Å². The minimum absolute atomic E-state index is 1.21. The van der Waals surface area contributed by atoms with Crippen LogP contribution in [-0.2, 0) is 0 Å². The molecule has 0 unspecified atom stereocenters. The highest BCUT2D eigenvalue weighted by Crippen LogP contribution is 2.16. The summed E-state index contributed by atoms with van der Waals surface area (Å²) in [6.07, 6.45) is 14.9. The van der Waals surface area contributed by atoms with Gasteiger partial charge in [0.25, 0.3) is 0 Å². The van der Waals surface area contributed by atoms with Gasteiger partial charge in [-0.15, -0.1) is 0 Å². The predicted octanol–water partition coefficient (Wildman–Crippen LogP) is 3.00. The molecule has 0 radical (unpaired) electrons. The molecule has 2 N–H and O–H groups in total. The van der Waals surface area contributed by atoms with Gasteiger partial charge in [-0.05, 0) is 51.4 Å². The molecule has 0 spiro atoms. The van der Waals surface area contributed by atoms with E-state index < -0.39 is 0 Å². The zero-order valence-electron chi connectivity index (χ0n) is 8.81. The summed E-state index contributed by atoms with van der Waals surface area (Å²) in [5, 5.41) is 0. The molecule has 0 aromatic heterocycles. The Labute approximate surface area is 86.4 Å². The van der Waals surface area contributed by atoms with Crippen LogP contribution in [0.5, 0.6) is 0 Å². The third kappa shape index (κ3) is 2.79. The number of nitrogens with one attached hydrogen (secondary N) is 2. The maximum Gasteiger partial charge on any atom is 0.0274 e. The van der Waals surface area contributed by atoms with Crippen LogP contribution in [0.3, 0.4) is 0 Å². The van der Waals surface area contributed by atoms with Gasteiger partial charge in [-0.3, -0.25) is 0 Å². The van der Waals surface area contributed by atoms with Crippen LogP contribution in [0.2, 0.25) is 0 Å². The van der Waals surface area contributed by atoms with Gasteiger partial charge in [-0.25, -0.2) is 0 Å². The summed E-state index contributed by atoms with van der Waals surface area (Å²) < 4.78 is 0. The van der Waals surface area contributed by atoms with Gasteiger partial charge >= 0.3 is 0 Å². The number of rotatable bonds is 3. The second-order valence-electron chi connectivity index (χ2n) is 4.20. The Balaban J connectivity index is 1.75.